The van der Waals surface area contributed by atoms with Gasteiger partial charge in [0.2, 0.25) is 12.2 Å². The van der Waals surface area contributed by atoms with Crippen LogP contribution in [0.15, 0.2) is 0 Å². The van der Waals surface area contributed by atoms with Gasteiger partial charge in [0.25, 0.3) is 5.60 Å². The van der Waals surface area contributed by atoms with Gasteiger partial charge >= 0.3 is 17.9 Å². The molecule has 4 N–H and O–H groups in total. The number of carbonyl (C=O) groups excluding carboxylic acids is 3. The number of ether oxygens (including phenoxy) is 3. The highest BCUT2D eigenvalue weighted by atomic mass is 16.7. The average Bonchev–Trinajstić information content (AvgIpc) is 2.49. The molecule has 20 heavy (non-hydrogen) atoms. The lowest BCUT2D eigenvalue weighted by Crippen LogP contribution is -2.53. The molecule has 0 saturated carbocycles. The van der Waals surface area contributed by atoms with Crippen molar-refractivity contribution in [2.75, 3.05) is 26.4 Å². The van der Waals surface area contributed by atoms with Crippen LogP contribution >= 0.6 is 0 Å². The molecule has 0 spiro atoms. The average molecular weight is 294 g/mol. The first-order valence-corrected chi connectivity index (χ1v) is 5.52. The minimum atomic E-state index is -2.45. The Kier molecular flexibility index (Phi) is 5.39. The third-order valence-corrected chi connectivity index (χ3v) is 2.54. The lowest BCUT2D eigenvalue weighted by Gasteiger charge is -2.27. The van der Waals surface area contributed by atoms with Gasteiger partial charge in [-0.05, 0) is 0 Å². The molecule has 0 aliphatic carbocycles. The molecule has 114 valence electrons. The van der Waals surface area contributed by atoms with Crippen LogP contribution in [0.3, 0.4) is 0 Å². The van der Waals surface area contributed by atoms with Crippen molar-refractivity contribution >= 4 is 17.9 Å². The van der Waals surface area contributed by atoms with Crippen molar-refractivity contribution in [1.29, 1.82) is 0 Å². The van der Waals surface area contributed by atoms with E-state index in [0.29, 0.717) is 0 Å². The standard InChI is InChI=1S/C10H14O10/c11-1-5-7(15)18-6(2-12)8(16)20-10(3-13,4-14)9(17)19-5/h5-6,11-14H,1-4H2. The van der Waals surface area contributed by atoms with Gasteiger partial charge in [-0.1, -0.05) is 0 Å². The number of esters is 3. The molecule has 1 aliphatic heterocycles. The maximum atomic E-state index is 11.8. The Bertz CT molecular complexity index is 385. The van der Waals surface area contributed by atoms with Crippen molar-refractivity contribution in [2.24, 2.45) is 0 Å². The SMILES string of the molecule is O=C1OC(CO)(CO)C(=O)OC(CO)C(=O)OC1CO. The summed E-state index contributed by atoms with van der Waals surface area (Å²) < 4.78 is 13.6. The highest BCUT2D eigenvalue weighted by Gasteiger charge is 2.48. The molecule has 0 aromatic carbocycles. The van der Waals surface area contributed by atoms with Gasteiger partial charge in [-0.2, -0.15) is 0 Å². The van der Waals surface area contributed by atoms with E-state index in [1.807, 2.05) is 0 Å². The molecule has 0 radical (unpaired) electrons. The summed E-state index contributed by atoms with van der Waals surface area (Å²) in [6, 6.07) is 0. The van der Waals surface area contributed by atoms with E-state index >= 15 is 0 Å². The van der Waals surface area contributed by atoms with Crippen LogP contribution in [0.4, 0.5) is 0 Å². The van der Waals surface area contributed by atoms with Crippen LogP contribution in [0.25, 0.3) is 0 Å². The minimum absolute atomic E-state index is 0.955. The van der Waals surface area contributed by atoms with Crippen molar-refractivity contribution in [1.82, 2.24) is 0 Å². The van der Waals surface area contributed by atoms with Crippen LogP contribution in [0.2, 0.25) is 0 Å². The number of rotatable bonds is 4. The van der Waals surface area contributed by atoms with E-state index in [4.69, 9.17) is 20.4 Å². The monoisotopic (exact) mass is 294 g/mol. The molecule has 0 aromatic rings. The van der Waals surface area contributed by atoms with Crippen LogP contribution in [0.1, 0.15) is 0 Å². The summed E-state index contributed by atoms with van der Waals surface area (Å²) in [6.07, 6.45) is -3.55. The highest BCUT2D eigenvalue weighted by molar-refractivity contribution is 5.90. The summed E-state index contributed by atoms with van der Waals surface area (Å²) in [5.41, 5.74) is -2.45. The molecule has 1 fully saturated rings. The van der Waals surface area contributed by atoms with E-state index in [-0.39, 0.29) is 0 Å². The third-order valence-electron chi connectivity index (χ3n) is 2.54. The van der Waals surface area contributed by atoms with Crippen LogP contribution in [0.5, 0.6) is 0 Å². The number of hydrogen-bond acceptors (Lipinski definition) is 10. The van der Waals surface area contributed by atoms with Gasteiger partial charge in [-0.3, -0.25) is 0 Å². The van der Waals surface area contributed by atoms with E-state index in [2.05, 4.69) is 14.2 Å². The van der Waals surface area contributed by atoms with Gasteiger partial charge in [-0.15, -0.1) is 0 Å². The first-order chi connectivity index (χ1) is 9.43. The molecule has 10 heteroatoms. The second-order valence-electron chi connectivity index (χ2n) is 3.92. The number of hydrogen-bond donors (Lipinski definition) is 4. The fraction of sp³-hybridized carbons (Fsp3) is 0.700. The minimum Gasteiger partial charge on any atom is -0.445 e. The van der Waals surface area contributed by atoms with Crippen LogP contribution in [0, 0.1) is 0 Å². The van der Waals surface area contributed by atoms with Gasteiger partial charge in [0.15, 0.2) is 0 Å². The zero-order valence-electron chi connectivity index (χ0n) is 10.2. The van der Waals surface area contributed by atoms with E-state index in [9.17, 15) is 14.4 Å². The second kappa shape index (κ2) is 6.61. The molecule has 1 aliphatic rings. The smallest absolute Gasteiger partial charge is 0.356 e. The first kappa shape index (κ1) is 16.3. The fourth-order valence-electron chi connectivity index (χ4n) is 1.32. The Morgan fingerprint density at radius 3 is 1.80 bits per heavy atom. The van der Waals surface area contributed by atoms with Crippen molar-refractivity contribution in [3.63, 3.8) is 0 Å². The maximum absolute atomic E-state index is 11.8. The first-order valence-electron chi connectivity index (χ1n) is 5.52. The number of carbonyl (C=O) groups is 3. The lowest BCUT2D eigenvalue weighted by molar-refractivity contribution is -0.197. The van der Waals surface area contributed by atoms with E-state index < -0.39 is 62.1 Å². The molecular formula is C10H14O10. The van der Waals surface area contributed by atoms with Crippen molar-refractivity contribution < 1.29 is 49.0 Å². The summed E-state index contributed by atoms with van der Waals surface area (Å²) >= 11 is 0. The van der Waals surface area contributed by atoms with Crippen LogP contribution in [-0.2, 0) is 28.6 Å². The Hall–Kier alpha value is -1.75. The Morgan fingerprint density at radius 2 is 1.35 bits per heavy atom. The van der Waals surface area contributed by atoms with Crippen molar-refractivity contribution in [3.8, 4) is 0 Å². The molecule has 1 heterocycles. The second-order valence-corrected chi connectivity index (χ2v) is 3.92. The molecule has 1 rings (SSSR count). The number of aliphatic hydroxyl groups is 4. The summed E-state index contributed by atoms with van der Waals surface area (Å²) in [6.45, 7) is -4.16. The van der Waals surface area contributed by atoms with E-state index in [1.165, 1.54) is 0 Å². The quantitative estimate of drug-likeness (QED) is 0.298. The Morgan fingerprint density at radius 1 is 0.850 bits per heavy atom. The van der Waals surface area contributed by atoms with E-state index in [0.717, 1.165) is 0 Å². The normalized spacial score (nSPS) is 26.7. The zero-order chi connectivity index (χ0) is 15.3. The molecule has 10 nitrogen and oxygen atoms in total. The lowest BCUT2D eigenvalue weighted by atomic mass is 10.1. The van der Waals surface area contributed by atoms with Crippen molar-refractivity contribution in [3.05, 3.63) is 0 Å². The molecular weight excluding hydrogens is 280 g/mol. The molecule has 1 saturated heterocycles. The molecule has 0 amide bonds. The van der Waals surface area contributed by atoms with Crippen LogP contribution in [-0.4, -0.2) is 82.6 Å². The maximum Gasteiger partial charge on any atom is 0.356 e. The Balaban J connectivity index is 3.17. The molecule has 2 unspecified atom stereocenters. The molecule has 2 atom stereocenters. The van der Waals surface area contributed by atoms with Gasteiger partial charge < -0.3 is 34.6 Å². The van der Waals surface area contributed by atoms with Gasteiger partial charge in [0, 0.05) is 0 Å². The third kappa shape index (κ3) is 3.04. The largest absolute Gasteiger partial charge is 0.445 e. The predicted molar refractivity (Wildman–Crippen MR) is 56.9 cm³/mol. The highest BCUT2D eigenvalue weighted by Crippen LogP contribution is 2.18. The topological polar surface area (TPSA) is 160 Å². The summed E-state index contributed by atoms with van der Waals surface area (Å²) in [7, 11) is 0. The summed E-state index contributed by atoms with van der Waals surface area (Å²) in [5.74, 6) is -4.05. The molecule has 0 aromatic heterocycles. The number of aliphatic hydroxyl groups excluding tert-OH is 4. The van der Waals surface area contributed by atoms with Gasteiger partial charge in [0.1, 0.15) is 0 Å². The van der Waals surface area contributed by atoms with E-state index in [1.54, 1.807) is 0 Å². The fourth-order valence-corrected chi connectivity index (χ4v) is 1.32. The predicted octanol–water partition coefficient (Wildman–Crippen LogP) is -3.93. The Labute approximate surface area is 112 Å². The van der Waals surface area contributed by atoms with Crippen molar-refractivity contribution in [2.45, 2.75) is 17.8 Å². The van der Waals surface area contributed by atoms with Crippen LogP contribution < -0.4 is 0 Å². The van der Waals surface area contributed by atoms with Gasteiger partial charge in [-0.25, -0.2) is 14.4 Å². The summed E-state index contributed by atoms with van der Waals surface area (Å²) in [5, 5.41) is 36.1. The summed E-state index contributed by atoms with van der Waals surface area (Å²) in [4.78, 5) is 34.9. The number of cyclic esters (lactones) is 3. The van der Waals surface area contributed by atoms with Gasteiger partial charge in [0.05, 0.1) is 26.4 Å². The zero-order valence-corrected chi connectivity index (χ0v) is 10.2. The molecule has 0 bridgehead atoms.